The lowest BCUT2D eigenvalue weighted by Crippen LogP contribution is -2.44. The number of nitrogens with zero attached hydrogens (tertiary/aromatic N) is 2. The van der Waals surface area contributed by atoms with Gasteiger partial charge in [-0.3, -0.25) is 9.59 Å². The predicted molar refractivity (Wildman–Crippen MR) is 101 cm³/mol. The van der Waals surface area contributed by atoms with Gasteiger partial charge < -0.3 is 10.6 Å². The summed E-state index contributed by atoms with van der Waals surface area (Å²) >= 11 is 1.09. The Hall–Kier alpha value is -2.77. The number of anilines is 1. The Balaban J connectivity index is 2.14. The molecule has 7 heteroatoms. The van der Waals surface area contributed by atoms with E-state index in [0.717, 1.165) is 29.4 Å². The smallest absolute Gasteiger partial charge is 0.243 e. The van der Waals surface area contributed by atoms with E-state index in [1.165, 1.54) is 0 Å². The standard InChI is InChI=1S/C19H20N4O2S/c1-4-12-7-5-6-8-15(12)22-16(24)11-26-18-14(10-21)19(2,3)13(9-20)17(25)23-18/h5-8,13H,4,11H2,1-3H3,(H,22,24)(H,23,25)/t13-/m1/s1. The number of benzene rings is 1. The molecule has 0 unspecified atom stereocenters. The lowest BCUT2D eigenvalue weighted by molar-refractivity contribution is -0.125. The fourth-order valence-corrected chi connectivity index (χ4v) is 3.78. The second-order valence-corrected chi connectivity index (χ2v) is 7.42. The van der Waals surface area contributed by atoms with E-state index in [-0.39, 0.29) is 11.7 Å². The zero-order valence-corrected chi connectivity index (χ0v) is 15.7. The Bertz CT molecular complexity index is 846. The van der Waals surface area contributed by atoms with Crippen molar-refractivity contribution in [1.29, 1.82) is 10.5 Å². The number of carbonyl (C=O) groups excluding carboxylic acids is 2. The molecule has 1 aliphatic heterocycles. The van der Waals surface area contributed by atoms with E-state index in [1.54, 1.807) is 13.8 Å². The maximum absolute atomic E-state index is 12.3. The highest BCUT2D eigenvalue weighted by Crippen LogP contribution is 2.41. The third-order valence-electron chi connectivity index (χ3n) is 4.35. The van der Waals surface area contributed by atoms with Gasteiger partial charge in [0.15, 0.2) is 0 Å². The van der Waals surface area contributed by atoms with Crippen LogP contribution in [0.3, 0.4) is 0 Å². The van der Waals surface area contributed by atoms with Gasteiger partial charge in [0.25, 0.3) is 0 Å². The Kier molecular flexibility index (Phi) is 6.07. The summed E-state index contributed by atoms with van der Waals surface area (Å²) in [6.45, 7) is 5.39. The highest BCUT2D eigenvalue weighted by atomic mass is 32.2. The molecule has 2 N–H and O–H groups in total. The fourth-order valence-electron chi connectivity index (χ4n) is 2.81. The third kappa shape index (κ3) is 3.89. The average Bonchev–Trinajstić information content (AvgIpc) is 2.60. The van der Waals surface area contributed by atoms with Crippen LogP contribution in [0.2, 0.25) is 0 Å². The summed E-state index contributed by atoms with van der Waals surface area (Å²) in [7, 11) is 0. The quantitative estimate of drug-likeness (QED) is 0.831. The number of nitrogens with one attached hydrogen (secondary N) is 2. The largest absolute Gasteiger partial charge is 0.325 e. The van der Waals surface area contributed by atoms with E-state index in [4.69, 9.17) is 0 Å². The number of aryl methyl sites for hydroxylation is 1. The van der Waals surface area contributed by atoms with E-state index < -0.39 is 17.2 Å². The predicted octanol–water partition coefficient (Wildman–Crippen LogP) is 2.95. The maximum atomic E-state index is 12.3. The van der Waals surface area contributed by atoms with Crippen molar-refractivity contribution in [3.05, 3.63) is 40.4 Å². The van der Waals surface area contributed by atoms with Gasteiger partial charge in [0.1, 0.15) is 5.92 Å². The Morgan fingerprint density at radius 2 is 2.04 bits per heavy atom. The summed E-state index contributed by atoms with van der Waals surface area (Å²) in [6, 6.07) is 11.6. The Labute approximate surface area is 157 Å². The molecule has 1 heterocycles. The van der Waals surface area contributed by atoms with Crippen molar-refractivity contribution < 1.29 is 9.59 Å². The van der Waals surface area contributed by atoms with E-state index >= 15 is 0 Å². The first-order chi connectivity index (χ1) is 12.3. The molecular weight excluding hydrogens is 348 g/mol. The van der Waals surface area contributed by atoms with Crippen LogP contribution < -0.4 is 10.6 Å². The van der Waals surface area contributed by atoms with Crippen molar-refractivity contribution in [2.45, 2.75) is 27.2 Å². The summed E-state index contributed by atoms with van der Waals surface area (Å²) < 4.78 is 0. The first-order valence-electron chi connectivity index (χ1n) is 8.21. The molecule has 1 aliphatic rings. The van der Waals surface area contributed by atoms with Crippen LogP contribution in [0.5, 0.6) is 0 Å². The zero-order chi connectivity index (χ0) is 19.3. The molecule has 1 aromatic carbocycles. The molecule has 0 saturated heterocycles. The molecule has 6 nitrogen and oxygen atoms in total. The number of carbonyl (C=O) groups is 2. The van der Waals surface area contributed by atoms with Crippen molar-refractivity contribution in [1.82, 2.24) is 5.32 Å². The van der Waals surface area contributed by atoms with Gasteiger partial charge in [-0.25, -0.2) is 0 Å². The van der Waals surface area contributed by atoms with Crippen LogP contribution >= 0.6 is 11.8 Å². The number of hydrogen-bond donors (Lipinski definition) is 2. The number of thioether (sulfide) groups is 1. The summed E-state index contributed by atoms with van der Waals surface area (Å²) in [5.74, 6) is -1.57. The molecule has 0 bridgehead atoms. The molecular formula is C19H20N4O2S. The molecule has 0 spiro atoms. The van der Waals surface area contributed by atoms with Gasteiger partial charge in [-0.05, 0) is 18.1 Å². The molecule has 2 amide bonds. The number of nitriles is 2. The van der Waals surface area contributed by atoms with Gasteiger partial charge in [-0.1, -0.05) is 50.7 Å². The van der Waals surface area contributed by atoms with Gasteiger partial charge in [0.2, 0.25) is 11.8 Å². The lowest BCUT2D eigenvalue weighted by atomic mass is 9.72. The molecule has 0 fully saturated rings. The van der Waals surface area contributed by atoms with Crippen LogP contribution in [0.1, 0.15) is 26.3 Å². The second-order valence-electron chi connectivity index (χ2n) is 6.44. The average molecular weight is 368 g/mol. The molecule has 0 radical (unpaired) electrons. The van der Waals surface area contributed by atoms with Crippen molar-refractivity contribution in [2.75, 3.05) is 11.1 Å². The van der Waals surface area contributed by atoms with E-state index in [2.05, 4.69) is 16.7 Å². The SMILES string of the molecule is CCc1ccccc1NC(=O)CSC1=C(C#N)C(C)(C)[C@H](C#N)C(=O)N1. The molecule has 134 valence electrons. The normalized spacial score (nSPS) is 18.5. The first kappa shape index (κ1) is 19.6. The van der Waals surface area contributed by atoms with Crippen LogP contribution in [0.15, 0.2) is 34.9 Å². The first-order valence-corrected chi connectivity index (χ1v) is 9.19. The highest BCUT2D eigenvalue weighted by molar-refractivity contribution is 8.03. The monoisotopic (exact) mass is 368 g/mol. The zero-order valence-electron chi connectivity index (χ0n) is 14.9. The van der Waals surface area contributed by atoms with Crippen LogP contribution in [0, 0.1) is 34.0 Å². The van der Waals surface area contributed by atoms with E-state index in [0.29, 0.717) is 10.6 Å². The third-order valence-corrected chi connectivity index (χ3v) is 5.35. The number of amides is 2. The van der Waals surface area contributed by atoms with Crippen LogP contribution in [0.25, 0.3) is 0 Å². The number of allylic oxidation sites excluding steroid dienone is 1. The van der Waals surface area contributed by atoms with E-state index in [9.17, 15) is 20.1 Å². The summed E-state index contributed by atoms with van der Waals surface area (Å²) in [5, 5.41) is 24.5. The number of rotatable bonds is 5. The van der Waals surface area contributed by atoms with Gasteiger partial charge in [0.05, 0.1) is 28.5 Å². The van der Waals surface area contributed by atoms with Gasteiger partial charge in [-0.2, -0.15) is 10.5 Å². The molecule has 0 aliphatic carbocycles. The van der Waals surface area contributed by atoms with Crippen molar-refractivity contribution >= 4 is 29.3 Å². The maximum Gasteiger partial charge on any atom is 0.243 e. The van der Waals surface area contributed by atoms with Crippen LogP contribution in [-0.4, -0.2) is 17.6 Å². The topological polar surface area (TPSA) is 106 Å². The number of hydrogen-bond acceptors (Lipinski definition) is 5. The molecule has 2 rings (SSSR count). The summed E-state index contributed by atoms with van der Waals surface area (Å²) in [4.78, 5) is 24.4. The van der Waals surface area contributed by atoms with E-state index in [1.807, 2.05) is 37.3 Å². The molecule has 1 aromatic rings. The van der Waals surface area contributed by atoms with Gasteiger partial charge in [0, 0.05) is 11.1 Å². The number of para-hydroxylation sites is 1. The van der Waals surface area contributed by atoms with Gasteiger partial charge in [-0.15, -0.1) is 0 Å². The van der Waals surface area contributed by atoms with Gasteiger partial charge >= 0.3 is 0 Å². The van der Waals surface area contributed by atoms with Crippen molar-refractivity contribution in [2.24, 2.45) is 11.3 Å². The molecule has 0 aromatic heterocycles. The summed E-state index contributed by atoms with van der Waals surface area (Å²) in [5.41, 5.74) is 1.20. The second kappa shape index (κ2) is 8.07. The van der Waals surface area contributed by atoms with Crippen LogP contribution in [-0.2, 0) is 16.0 Å². The molecule has 26 heavy (non-hydrogen) atoms. The Morgan fingerprint density at radius 3 is 2.65 bits per heavy atom. The molecule has 1 atom stereocenters. The highest BCUT2D eigenvalue weighted by Gasteiger charge is 2.44. The minimum Gasteiger partial charge on any atom is -0.325 e. The Morgan fingerprint density at radius 1 is 1.35 bits per heavy atom. The van der Waals surface area contributed by atoms with Crippen molar-refractivity contribution in [3.63, 3.8) is 0 Å². The van der Waals surface area contributed by atoms with Crippen molar-refractivity contribution in [3.8, 4) is 12.1 Å². The minimum atomic E-state index is -0.938. The fraction of sp³-hybridized carbons (Fsp3) is 0.368. The lowest BCUT2D eigenvalue weighted by Gasteiger charge is -2.34. The summed E-state index contributed by atoms with van der Waals surface area (Å²) in [6.07, 6.45) is 0.799. The minimum absolute atomic E-state index is 0.0478. The molecule has 0 saturated carbocycles. The van der Waals surface area contributed by atoms with Crippen LogP contribution in [0.4, 0.5) is 5.69 Å².